The predicted octanol–water partition coefficient (Wildman–Crippen LogP) is 0.712. The van der Waals surface area contributed by atoms with Crippen LogP contribution in [0.5, 0.6) is 0 Å². The Kier molecular flexibility index (Phi) is 4.13. The second kappa shape index (κ2) is 4.38. The maximum atomic E-state index is 5.41. The molecular weight excluding hydrogens is 134 g/mol. The lowest BCUT2D eigenvalue weighted by Gasteiger charge is -1.93. The first kappa shape index (κ1) is 8.49. The fourth-order valence-corrected chi connectivity index (χ4v) is 0.713. The van der Waals surface area contributed by atoms with Gasteiger partial charge in [-0.2, -0.15) is 0 Å². The highest BCUT2D eigenvalue weighted by atomic mass is 32.2. The van der Waals surface area contributed by atoms with Gasteiger partial charge in [0.1, 0.15) is 5.84 Å². The number of amidine groups is 1. The van der Waals surface area contributed by atoms with E-state index in [-0.39, 0.29) is 0 Å². The van der Waals surface area contributed by atoms with Gasteiger partial charge in [0.05, 0.1) is 5.71 Å². The van der Waals surface area contributed by atoms with Gasteiger partial charge in [-0.1, -0.05) is 0 Å². The maximum absolute atomic E-state index is 5.41. The third-order valence-electron chi connectivity index (χ3n) is 0.840. The molecule has 0 saturated carbocycles. The van der Waals surface area contributed by atoms with Gasteiger partial charge in [-0.15, -0.1) is 0 Å². The topological polar surface area (TPSA) is 50.7 Å². The molecule has 0 rings (SSSR count). The van der Waals surface area contributed by atoms with E-state index >= 15 is 0 Å². The molecule has 0 aromatic heterocycles. The van der Waals surface area contributed by atoms with Gasteiger partial charge in [-0.05, 0) is 18.9 Å². The molecule has 0 aliphatic carbocycles. The first-order valence-corrected chi connectivity index (χ1v) is 3.71. The van der Waals surface area contributed by atoms with Gasteiger partial charge in [-0.3, -0.25) is 4.99 Å². The van der Waals surface area contributed by atoms with E-state index in [1.165, 1.54) is 11.9 Å². The summed E-state index contributed by atoms with van der Waals surface area (Å²) < 4.78 is 3.97. The second-order valence-electron chi connectivity index (χ2n) is 1.47. The summed E-state index contributed by atoms with van der Waals surface area (Å²) in [5.74, 6) is 0.504. The van der Waals surface area contributed by atoms with Crippen LogP contribution in [-0.2, 0) is 0 Å². The molecular formula is C5H11N3S. The summed E-state index contributed by atoms with van der Waals surface area (Å²) in [7, 11) is 1.65. The first-order valence-electron chi connectivity index (χ1n) is 2.52. The first-order chi connectivity index (χ1) is 4.22. The minimum absolute atomic E-state index is 0.504. The molecule has 0 heterocycles. The van der Waals surface area contributed by atoms with Crippen molar-refractivity contribution in [3.63, 3.8) is 0 Å². The van der Waals surface area contributed by atoms with Crippen molar-refractivity contribution in [3.8, 4) is 0 Å². The summed E-state index contributed by atoms with van der Waals surface area (Å²) >= 11 is 1.38. The zero-order valence-corrected chi connectivity index (χ0v) is 6.70. The van der Waals surface area contributed by atoms with Crippen molar-refractivity contribution in [2.24, 2.45) is 15.1 Å². The van der Waals surface area contributed by atoms with Crippen LogP contribution in [0.3, 0.4) is 0 Å². The third kappa shape index (κ3) is 3.13. The molecule has 0 fully saturated rings. The molecule has 0 aromatic carbocycles. The SMILES string of the molecule is CN=C(N)C(C)=NSC. The zero-order chi connectivity index (χ0) is 7.28. The van der Waals surface area contributed by atoms with Crippen molar-refractivity contribution in [2.75, 3.05) is 13.3 Å². The fraction of sp³-hybridized carbons (Fsp3) is 0.600. The summed E-state index contributed by atoms with van der Waals surface area (Å²) in [4.78, 5) is 3.76. The van der Waals surface area contributed by atoms with Gasteiger partial charge >= 0.3 is 0 Å². The van der Waals surface area contributed by atoms with Gasteiger partial charge in [0, 0.05) is 13.3 Å². The van der Waals surface area contributed by atoms with Crippen molar-refractivity contribution in [1.82, 2.24) is 0 Å². The number of hydrogen-bond donors (Lipinski definition) is 1. The zero-order valence-electron chi connectivity index (χ0n) is 5.88. The second-order valence-corrected chi connectivity index (χ2v) is 2.02. The Balaban J connectivity index is 4.03. The fourth-order valence-electron chi connectivity index (χ4n) is 0.345. The average Bonchev–Trinajstić information content (AvgIpc) is 1.87. The van der Waals surface area contributed by atoms with E-state index in [1.54, 1.807) is 7.05 Å². The van der Waals surface area contributed by atoms with Crippen LogP contribution in [-0.4, -0.2) is 24.9 Å². The average molecular weight is 145 g/mol. The molecule has 0 aliphatic heterocycles. The molecule has 4 heteroatoms. The highest BCUT2D eigenvalue weighted by molar-refractivity contribution is 7.97. The van der Waals surface area contributed by atoms with Crippen molar-refractivity contribution >= 4 is 23.5 Å². The highest BCUT2D eigenvalue weighted by Crippen LogP contribution is 1.93. The Morgan fingerprint density at radius 2 is 2.11 bits per heavy atom. The normalized spacial score (nSPS) is 14.1. The van der Waals surface area contributed by atoms with Gasteiger partial charge in [0.25, 0.3) is 0 Å². The van der Waals surface area contributed by atoms with Crippen LogP contribution in [0.15, 0.2) is 9.39 Å². The van der Waals surface area contributed by atoms with Crippen molar-refractivity contribution < 1.29 is 0 Å². The molecule has 0 atom stereocenters. The van der Waals surface area contributed by atoms with Crippen molar-refractivity contribution in [2.45, 2.75) is 6.92 Å². The Morgan fingerprint density at radius 1 is 1.56 bits per heavy atom. The van der Waals surface area contributed by atoms with E-state index in [1.807, 2.05) is 13.2 Å². The van der Waals surface area contributed by atoms with E-state index in [9.17, 15) is 0 Å². The molecule has 0 radical (unpaired) electrons. The van der Waals surface area contributed by atoms with E-state index in [4.69, 9.17) is 5.73 Å². The monoisotopic (exact) mass is 145 g/mol. The molecule has 0 amide bonds. The minimum Gasteiger partial charge on any atom is -0.382 e. The van der Waals surface area contributed by atoms with Gasteiger partial charge in [-0.25, -0.2) is 4.40 Å². The smallest absolute Gasteiger partial charge is 0.140 e. The van der Waals surface area contributed by atoms with Crippen LogP contribution >= 0.6 is 11.9 Å². The minimum atomic E-state index is 0.504. The molecule has 0 unspecified atom stereocenters. The molecule has 52 valence electrons. The predicted molar refractivity (Wildman–Crippen MR) is 44.2 cm³/mol. The number of aliphatic imine (C=N–C) groups is 1. The molecule has 3 nitrogen and oxygen atoms in total. The largest absolute Gasteiger partial charge is 0.382 e. The summed E-state index contributed by atoms with van der Waals surface area (Å²) in [5, 5.41) is 0. The lowest BCUT2D eigenvalue weighted by atomic mass is 10.4. The molecule has 0 spiro atoms. The Labute approximate surface area is 59.6 Å². The van der Waals surface area contributed by atoms with Crippen molar-refractivity contribution in [1.29, 1.82) is 0 Å². The Bertz CT molecular complexity index is 139. The number of hydrogen-bond acceptors (Lipinski definition) is 3. The van der Waals surface area contributed by atoms with E-state index < -0.39 is 0 Å². The van der Waals surface area contributed by atoms with Crippen LogP contribution < -0.4 is 5.73 Å². The van der Waals surface area contributed by atoms with E-state index in [0.717, 1.165) is 5.71 Å². The standard InChI is InChI=1S/C5H11N3S/c1-4(8-9-3)5(6)7-2/h1-3H3,(H2,6,7). The number of nitrogens with zero attached hydrogens (tertiary/aromatic N) is 2. The molecule has 0 aliphatic rings. The van der Waals surface area contributed by atoms with Crippen LogP contribution in [0.2, 0.25) is 0 Å². The van der Waals surface area contributed by atoms with E-state index in [0.29, 0.717) is 5.84 Å². The highest BCUT2D eigenvalue weighted by Gasteiger charge is 1.92. The van der Waals surface area contributed by atoms with Crippen LogP contribution in [0.25, 0.3) is 0 Å². The Hall–Kier alpha value is -0.510. The number of nitrogens with two attached hydrogens (primary N) is 1. The molecule has 9 heavy (non-hydrogen) atoms. The lowest BCUT2D eigenvalue weighted by molar-refractivity contribution is 1.42. The molecule has 0 aromatic rings. The van der Waals surface area contributed by atoms with Crippen molar-refractivity contribution in [3.05, 3.63) is 0 Å². The Morgan fingerprint density at radius 3 is 2.44 bits per heavy atom. The number of rotatable bonds is 2. The molecule has 0 saturated heterocycles. The summed E-state index contributed by atoms with van der Waals surface area (Å²) in [6.45, 7) is 1.83. The van der Waals surface area contributed by atoms with Crippen LogP contribution in [0.1, 0.15) is 6.92 Å². The van der Waals surface area contributed by atoms with Gasteiger partial charge in [0.15, 0.2) is 0 Å². The maximum Gasteiger partial charge on any atom is 0.140 e. The van der Waals surface area contributed by atoms with E-state index in [2.05, 4.69) is 9.39 Å². The quantitative estimate of drug-likeness (QED) is 0.353. The third-order valence-corrected chi connectivity index (χ3v) is 1.30. The summed E-state index contributed by atoms with van der Waals surface area (Å²) in [6.07, 6.45) is 1.88. The summed E-state index contributed by atoms with van der Waals surface area (Å²) in [5.41, 5.74) is 6.19. The van der Waals surface area contributed by atoms with Crippen LogP contribution in [0, 0.1) is 0 Å². The molecule has 2 N–H and O–H groups in total. The van der Waals surface area contributed by atoms with Crippen LogP contribution in [0.4, 0.5) is 0 Å². The van der Waals surface area contributed by atoms with Gasteiger partial charge in [0.2, 0.25) is 0 Å². The summed E-state index contributed by atoms with van der Waals surface area (Å²) in [6, 6.07) is 0. The lowest BCUT2D eigenvalue weighted by Crippen LogP contribution is -2.20. The van der Waals surface area contributed by atoms with Gasteiger partial charge < -0.3 is 5.73 Å². The molecule has 0 bridgehead atoms.